The zero-order chi connectivity index (χ0) is 15.5. The van der Waals surface area contributed by atoms with Gasteiger partial charge in [-0.05, 0) is 42.8 Å². The number of benzene rings is 2. The highest BCUT2D eigenvalue weighted by molar-refractivity contribution is 5.88. The van der Waals surface area contributed by atoms with Gasteiger partial charge < -0.3 is 5.21 Å². The second-order valence-corrected chi connectivity index (χ2v) is 4.92. The van der Waals surface area contributed by atoms with E-state index in [0.717, 1.165) is 11.3 Å². The molecule has 1 N–H and O–H groups in total. The monoisotopic (exact) mass is 295 g/mol. The molecule has 0 amide bonds. The molecule has 0 spiro atoms. The van der Waals surface area contributed by atoms with Crippen molar-refractivity contribution >= 4 is 6.21 Å². The van der Waals surface area contributed by atoms with Gasteiger partial charge in [0.15, 0.2) is 0 Å². The van der Waals surface area contributed by atoms with Crippen LogP contribution in [0.2, 0.25) is 0 Å². The molecule has 0 aliphatic heterocycles. The first-order chi connectivity index (χ1) is 10.7. The number of rotatable bonds is 3. The van der Waals surface area contributed by atoms with Crippen LogP contribution in [0.1, 0.15) is 11.1 Å². The van der Waals surface area contributed by atoms with Crippen molar-refractivity contribution < 1.29 is 9.60 Å². The Kier molecular flexibility index (Phi) is 3.70. The zero-order valence-electron chi connectivity index (χ0n) is 11.9. The first-order valence-electron chi connectivity index (χ1n) is 6.78. The largest absolute Gasteiger partial charge is 0.411 e. The van der Waals surface area contributed by atoms with Crippen molar-refractivity contribution in [2.24, 2.45) is 5.16 Å². The number of hydrogen-bond acceptors (Lipinski definition) is 3. The summed E-state index contributed by atoms with van der Waals surface area (Å²) < 4.78 is 15.1. The summed E-state index contributed by atoms with van der Waals surface area (Å²) in [6.07, 6.45) is 3.09. The van der Waals surface area contributed by atoms with Crippen molar-refractivity contribution in [3.05, 3.63) is 71.7 Å². The number of aryl methyl sites for hydroxylation is 1. The molecule has 1 aromatic heterocycles. The fraction of sp³-hybridized carbons (Fsp3) is 0.0588. The van der Waals surface area contributed by atoms with E-state index in [2.05, 4.69) is 10.3 Å². The maximum atomic E-state index is 13.4. The minimum absolute atomic E-state index is 0.261. The Balaban J connectivity index is 2.14. The molecule has 110 valence electrons. The smallest absolute Gasteiger partial charge is 0.126 e. The second kappa shape index (κ2) is 5.81. The lowest BCUT2D eigenvalue weighted by Gasteiger charge is -2.02. The molecule has 0 unspecified atom stereocenters. The fourth-order valence-electron chi connectivity index (χ4n) is 2.27. The topological polar surface area (TPSA) is 50.4 Å². The van der Waals surface area contributed by atoms with Crippen LogP contribution in [-0.2, 0) is 0 Å². The summed E-state index contributed by atoms with van der Waals surface area (Å²) in [7, 11) is 0. The van der Waals surface area contributed by atoms with Crippen molar-refractivity contribution in [2.75, 3.05) is 0 Å². The number of hydrogen-bond donors (Lipinski definition) is 1. The minimum Gasteiger partial charge on any atom is -0.411 e. The van der Waals surface area contributed by atoms with Crippen LogP contribution < -0.4 is 0 Å². The summed E-state index contributed by atoms with van der Waals surface area (Å²) in [4.78, 5) is 0. The first-order valence-corrected chi connectivity index (χ1v) is 6.78. The van der Waals surface area contributed by atoms with Gasteiger partial charge in [0.05, 0.1) is 11.9 Å². The normalized spacial score (nSPS) is 11.2. The summed E-state index contributed by atoms with van der Waals surface area (Å²) in [6.45, 7) is 1.70. The maximum absolute atomic E-state index is 13.4. The molecule has 3 rings (SSSR count). The summed E-state index contributed by atoms with van der Waals surface area (Å²) in [6, 6.07) is 14.4. The molecular weight excluding hydrogens is 281 g/mol. The van der Waals surface area contributed by atoms with E-state index in [1.54, 1.807) is 29.9 Å². The Labute approximate surface area is 127 Å². The van der Waals surface area contributed by atoms with Gasteiger partial charge in [0, 0.05) is 17.3 Å². The van der Waals surface area contributed by atoms with E-state index in [4.69, 9.17) is 5.21 Å². The quantitative estimate of drug-likeness (QED) is 0.454. The lowest BCUT2D eigenvalue weighted by atomic mass is 10.1. The van der Waals surface area contributed by atoms with Crippen LogP contribution >= 0.6 is 0 Å². The van der Waals surface area contributed by atoms with Crippen LogP contribution in [0.3, 0.4) is 0 Å². The highest BCUT2D eigenvalue weighted by Crippen LogP contribution is 2.24. The van der Waals surface area contributed by atoms with Crippen LogP contribution in [0, 0.1) is 12.7 Å². The molecule has 0 radical (unpaired) electrons. The third kappa shape index (κ3) is 2.61. The van der Waals surface area contributed by atoms with E-state index >= 15 is 0 Å². The highest BCUT2D eigenvalue weighted by Gasteiger charge is 2.12. The molecule has 0 fully saturated rings. The molecule has 22 heavy (non-hydrogen) atoms. The van der Waals surface area contributed by atoms with Crippen molar-refractivity contribution in [2.45, 2.75) is 6.92 Å². The summed E-state index contributed by atoms with van der Waals surface area (Å²) >= 11 is 0. The summed E-state index contributed by atoms with van der Waals surface area (Å²) in [5.74, 6) is -0.261. The molecule has 0 saturated carbocycles. The molecule has 2 aromatic carbocycles. The van der Waals surface area contributed by atoms with Gasteiger partial charge in [-0.2, -0.15) is 5.10 Å². The van der Waals surface area contributed by atoms with Gasteiger partial charge >= 0.3 is 0 Å². The standard InChI is InChI=1S/C17H14FN3O/c1-12-9-13(7-8-16(12)18)17-14(10-19-22)11-21(20-17)15-5-3-2-4-6-15/h2-11,22H,1H3/b19-10+. The van der Waals surface area contributed by atoms with Crippen molar-refractivity contribution in [1.82, 2.24) is 9.78 Å². The Morgan fingerprint density at radius 1 is 1.18 bits per heavy atom. The average Bonchev–Trinajstić information content (AvgIpc) is 2.95. The van der Waals surface area contributed by atoms with Crippen LogP contribution in [0.5, 0.6) is 0 Å². The van der Waals surface area contributed by atoms with E-state index in [9.17, 15) is 4.39 Å². The van der Waals surface area contributed by atoms with E-state index in [0.29, 0.717) is 16.8 Å². The summed E-state index contributed by atoms with van der Waals surface area (Å²) in [5, 5.41) is 16.5. The van der Waals surface area contributed by atoms with Gasteiger partial charge in [-0.3, -0.25) is 0 Å². The number of nitrogens with zero attached hydrogens (tertiary/aromatic N) is 3. The van der Waals surface area contributed by atoms with Crippen molar-refractivity contribution in [3.63, 3.8) is 0 Å². The van der Waals surface area contributed by atoms with Crippen molar-refractivity contribution in [3.8, 4) is 16.9 Å². The number of para-hydroxylation sites is 1. The molecule has 3 aromatic rings. The molecule has 0 aliphatic rings. The molecule has 1 heterocycles. The SMILES string of the molecule is Cc1cc(-c2nn(-c3ccccc3)cc2/C=N/O)ccc1F. The van der Waals surface area contributed by atoms with Crippen LogP contribution in [-0.4, -0.2) is 21.2 Å². The molecule has 5 heteroatoms. The molecule has 4 nitrogen and oxygen atoms in total. The van der Waals surface area contributed by atoms with Gasteiger partial charge in [0.1, 0.15) is 11.5 Å². The zero-order valence-corrected chi connectivity index (χ0v) is 11.9. The first kappa shape index (κ1) is 14.0. The van der Waals surface area contributed by atoms with Crippen molar-refractivity contribution in [1.29, 1.82) is 0 Å². The predicted octanol–water partition coefficient (Wildman–Crippen LogP) is 3.79. The fourth-order valence-corrected chi connectivity index (χ4v) is 2.27. The van der Waals surface area contributed by atoms with Gasteiger partial charge in [0.2, 0.25) is 0 Å². The second-order valence-electron chi connectivity index (χ2n) is 4.92. The third-order valence-electron chi connectivity index (χ3n) is 3.39. The minimum atomic E-state index is -0.261. The number of oxime groups is 1. The average molecular weight is 295 g/mol. The van der Waals surface area contributed by atoms with E-state index in [-0.39, 0.29) is 5.82 Å². The molecule has 0 atom stereocenters. The number of halogens is 1. The van der Waals surface area contributed by atoms with Crippen LogP contribution in [0.25, 0.3) is 16.9 Å². The molecule has 0 bridgehead atoms. The molecule has 0 aliphatic carbocycles. The Morgan fingerprint density at radius 3 is 2.64 bits per heavy atom. The Bertz CT molecular complexity index is 825. The molecular formula is C17H14FN3O. The molecule has 0 saturated heterocycles. The highest BCUT2D eigenvalue weighted by atomic mass is 19.1. The van der Waals surface area contributed by atoms with Crippen LogP contribution in [0.15, 0.2) is 59.9 Å². The predicted molar refractivity (Wildman–Crippen MR) is 83.1 cm³/mol. The van der Waals surface area contributed by atoms with Gasteiger partial charge in [0.25, 0.3) is 0 Å². The van der Waals surface area contributed by atoms with E-state index < -0.39 is 0 Å². The number of aromatic nitrogens is 2. The van der Waals surface area contributed by atoms with Gasteiger partial charge in [-0.1, -0.05) is 23.4 Å². The third-order valence-corrected chi connectivity index (χ3v) is 3.39. The summed E-state index contributed by atoms with van der Waals surface area (Å²) in [5.41, 5.74) is 3.48. The lowest BCUT2D eigenvalue weighted by molar-refractivity contribution is 0.322. The van der Waals surface area contributed by atoms with Crippen LogP contribution in [0.4, 0.5) is 4.39 Å². The van der Waals surface area contributed by atoms with E-state index in [1.165, 1.54) is 12.3 Å². The maximum Gasteiger partial charge on any atom is 0.126 e. The van der Waals surface area contributed by atoms with Gasteiger partial charge in [-0.15, -0.1) is 0 Å². The van der Waals surface area contributed by atoms with E-state index in [1.807, 2.05) is 30.3 Å². The van der Waals surface area contributed by atoms with Gasteiger partial charge in [-0.25, -0.2) is 9.07 Å². The Morgan fingerprint density at radius 2 is 1.95 bits per heavy atom. The Hall–Kier alpha value is -2.95. The lowest BCUT2D eigenvalue weighted by Crippen LogP contribution is -1.94.